The number of hydrogen-bond donors (Lipinski definition) is 2. The SMILES string of the molecule is CC(C)(CNCC1CCCN1)c1cc(F)ccc1F. The summed E-state index contributed by atoms with van der Waals surface area (Å²) in [6.07, 6.45) is 2.40. The first-order valence-electron chi connectivity index (χ1n) is 6.89. The smallest absolute Gasteiger partial charge is 0.127 e. The van der Waals surface area contributed by atoms with E-state index in [1.165, 1.54) is 25.0 Å². The highest BCUT2D eigenvalue weighted by atomic mass is 19.1. The van der Waals surface area contributed by atoms with Crippen LogP contribution in [0.25, 0.3) is 0 Å². The van der Waals surface area contributed by atoms with Gasteiger partial charge in [-0.3, -0.25) is 0 Å². The van der Waals surface area contributed by atoms with Crippen LogP contribution in [0, 0.1) is 11.6 Å². The van der Waals surface area contributed by atoms with E-state index in [4.69, 9.17) is 0 Å². The second kappa shape index (κ2) is 5.97. The number of rotatable bonds is 5. The Balaban J connectivity index is 1.94. The van der Waals surface area contributed by atoms with Crippen LogP contribution in [0.4, 0.5) is 8.78 Å². The van der Waals surface area contributed by atoms with E-state index in [1.807, 2.05) is 13.8 Å². The van der Waals surface area contributed by atoms with Crippen molar-refractivity contribution in [2.45, 2.75) is 38.1 Å². The van der Waals surface area contributed by atoms with Gasteiger partial charge in [0.1, 0.15) is 11.6 Å². The van der Waals surface area contributed by atoms with E-state index in [2.05, 4.69) is 10.6 Å². The Hall–Kier alpha value is -1.00. The number of nitrogens with one attached hydrogen (secondary N) is 2. The van der Waals surface area contributed by atoms with Gasteiger partial charge in [0.05, 0.1) is 0 Å². The molecule has 1 saturated heterocycles. The Kier molecular flexibility index (Phi) is 4.53. The summed E-state index contributed by atoms with van der Waals surface area (Å²) in [7, 11) is 0. The van der Waals surface area contributed by atoms with Crippen LogP contribution >= 0.6 is 0 Å². The summed E-state index contributed by atoms with van der Waals surface area (Å²) < 4.78 is 27.0. The first kappa shape index (κ1) is 14.4. The fourth-order valence-electron chi connectivity index (χ4n) is 2.60. The lowest BCUT2D eigenvalue weighted by molar-refractivity contribution is 0.423. The summed E-state index contributed by atoms with van der Waals surface area (Å²) in [5.41, 5.74) is 0.00418. The standard InChI is InChI=1S/C15H22F2N2/c1-15(2,10-18-9-12-4-3-7-19-12)13-8-11(16)5-6-14(13)17/h5-6,8,12,18-19H,3-4,7,9-10H2,1-2H3. The Morgan fingerprint density at radius 2 is 2.16 bits per heavy atom. The Labute approximate surface area is 113 Å². The van der Waals surface area contributed by atoms with Crippen LogP contribution in [0.1, 0.15) is 32.3 Å². The van der Waals surface area contributed by atoms with Gasteiger partial charge in [-0.25, -0.2) is 8.78 Å². The maximum atomic E-state index is 13.8. The van der Waals surface area contributed by atoms with E-state index in [0.717, 1.165) is 19.2 Å². The van der Waals surface area contributed by atoms with Gasteiger partial charge in [-0.2, -0.15) is 0 Å². The molecular weight excluding hydrogens is 246 g/mol. The average molecular weight is 268 g/mol. The topological polar surface area (TPSA) is 24.1 Å². The van der Waals surface area contributed by atoms with Gasteiger partial charge < -0.3 is 10.6 Å². The zero-order valence-corrected chi connectivity index (χ0v) is 11.6. The molecule has 1 atom stereocenters. The predicted octanol–water partition coefficient (Wildman–Crippen LogP) is 2.58. The Morgan fingerprint density at radius 1 is 1.37 bits per heavy atom. The summed E-state index contributed by atoms with van der Waals surface area (Å²) in [5.74, 6) is -0.728. The molecule has 1 aromatic rings. The largest absolute Gasteiger partial charge is 0.314 e. The molecule has 2 nitrogen and oxygen atoms in total. The molecule has 1 unspecified atom stereocenters. The monoisotopic (exact) mass is 268 g/mol. The molecular formula is C15H22F2N2. The van der Waals surface area contributed by atoms with Gasteiger partial charge in [0.15, 0.2) is 0 Å². The molecule has 1 fully saturated rings. The maximum absolute atomic E-state index is 13.8. The van der Waals surface area contributed by atoms with E-state index < -0.39 is 5.41 Å². The van der Waals surface area contributed by atoms with Gasteiger partial charge in [0.25, 0.3) is 0 Å². The predicted molar refractivity (Wildman–Crippen MR) is 73.3 cm³/mol. The van der Waals surface area contributed by atoms with Gasteiger partial charge in [-0.05, 0) is 43.1 Å². The molecule has 0 spiro atoms. The van der Waals surface area contributed by atoms with Gasteiger partial charge in [-0.1, -0.05) is 13.8 Å². The van der Waals surface area contributed by atoms with Crippen LogP contribution < -0.4 is 10.6 Å². The highest BCUT2D eigenvalue weighted by Gasteiger charge is 2.25. The second-order valence-electron chi connectivity index (χ2n) is 5.93. The summed E-state index contributed by atoms with van der Waals surface area (Å²) in [6.45, 7) is 6.44. The fourth-order valence-corrected chi connectivity index (χ4v) is 2.60. The highest BCUT2D eigenvalue weighted by molar-refractivity contribution is 5.26. The van der Waals surface area contributed by atoms with Crippen molar-refractivity contribution in [3.63, 3.8) is 0 Å². The van der Waals surface area contributed by atoms with Gasteiger partial charge in [0, 0.05) is 24.5 Å². The van der Waals surface area contributed by atoms with Gasteiger partial charge >= 0.3 is 0 Å². The lowest BCUT2D eigenvalue weighted by Crippen LogP contribution is -2.40. The molecule has 106 valence electrons. The van der Waals surface area contributed by atoms with Crippen molar-refractivity contribution in [1.29, 1.82) is 0 Å². The third kappa shape index (κ3) is 3.74. The molecule has 2 rings (SSSR count). The van der Waals surface area contributed by atoms with Gasteiger partial charge in [0.2, 0.25) is 0 Å². The highest BCUT2D eigenvalue weighted by Crippen LogP contribution is 2.25. The molecule has 0 aromatic heterocycles. The zero-order chi connectivity index (χ0) is 13.9. The van der Waals surface area contributed by atoms with Crippen LogP contribution in [0.2, 0.25) is 0 Å². The van der Waals surface area contributed by atoms with Crippen molar-refractivity contribution in [2.24, 2.45) is 0 Å². The first-order valence-corrected chi connectivity index (χ1v) is 6.89. The van der Waals surface area contributed by atoms with Crippen molar-refractivity contribution < 1.29 is 8.78 Å². The van der Waals surface area contributed by atoms with E-state index >= 15 is 0 Å². The van der Waals surface area contributed by atoms with Crippen molar-refractivity contribution in [1.82, 2.24) is 10.6 Å². The summed E-state index contributed by atoms with van der Waals surface area (Å²) in [6, 6.07) is 4.16. The van der Waals surface area contributed by atoms with Gasteiger partial charge in [-0.15, -0.1) is 0 Å². The summed E-state index contributed by atoms with van der Waals surface area (Å²) in [5, 5.41) is 6.77. The zero-order valence-electron chi connectivity index (χ0n) is 11.6. The minimum absolute atomic E-state index is 0.341. The van der Waals surface area contributed by atoms with Crippen molar-refractivity contribution in [3.05, 3.63) is 35.4 Å². The molecule has 19 heavy (non-hydrogen) atoms. The minimum atomic E-state index is -0.426. The average Bonchev–Trinajstić information content (AvgIpc) is 2.85. The van der Waals surface area contributed by atoms with Crippen molar-refractivity contribution in [2.75, 3.05) is 19.6 Å². The minimum Gasteiger partial charge on any atom is -0.314 e. The molecule has 1 heterocycles. The second-order valence-corrected chi connectivity index (χ2v) is 5.93. The van der Waals surface area contributed by atoms with E-state index in [9.17, 15) is 8.78 Å². The molecule has 0 radical (unpaired) electrons. The molecule has 0 amide bonds. The van der Waals surface area contributed by atoms with E-state index in [-0.39, 0.29) is 11.6 Å². The van der Waals surface area contributed by atoms with Crippen LogP contribution in [0.5, 0.6) is 0 Å². The number of benzene rings is 1. The molecule has 4 heteroatoms. The Morgan fingerprint density at radius 3 is 2.84 bits per heavy atom. The fraction of sp³-hybridized carbons (Fsp3) is 0.600. The number of hydrogen-bond acceptors (Lipinski definition) is 2. The van der Waals surface area contributed by atoms with Crippen LogP contribution in [-0.4, -0.2) is 25.7 Å². The molecule has 2 N–H and O–H groups in total. The number of halogens is 2. The molecule has 0 bridgehead atoms. The lowest BCUT2D eigenvalue weighted by atomic mass is 9.84. The van der Waals surface area contributed by atoms with Crippen molar-refractivity contribution in [3.8, 4) is 0 Å². The Bertz CT molecular complexity index is 426. The molecule has 0 aliphatic carbocycles. The van der Waals surface area contributed by atoms with E-state index in [0.29, 0.717) is 18.2 Å². The quantitative estimate of drug-likeness (QED) is 0.857. The molecule has 1 aliphatic heterocycles. The third-order valence-electron chi connectivity index (χ3n) is 3.78. The molecule has 1 aromatic carbocycles. The molecule has 0 saturated carbocycles. The van der Waals surface area contributed by atoms with Crippen LogP contribution in [-0.2, 0) is 5.41 Å². The first-order chi connectivity index (χ1) is 8.99. The third-order valence-corrected chi connectivity index (χ3v) is 3.78. The maximum Gasteiger partial charge on any atom is 0.127 e. The lowest BCUT2D eigenvalue weighted by Gasteiger charge is -2.27. The van der Waals surface area contributed by atoms with Crippen molar-refractivity contribution >= 4 is 0 Å². The molecule has 1 aliphatic rings. The summed E-state index contributed by atoms with van der Waals surface area (Å²) in [4.78, 5) is 0. The summed E-state index contributed by atoms with van der Waals surface area (Å²) >= 11 is 0. The normalized spacial score (nSPS) is 19.9. The van der Waals surface area contributed by atoms with Crippen LogP contribution in [0.15, 0.2) is 18.2 Å². The van der Waals surface area contributed by atoms with E-state index in [1.54, 1.807) is 0 Å². The van der Waals surface area contributed by atoms with Crippen LogP contribution in [0.3, 0.4) is 0 Å².